The lowest BCUT2D eigenvalue weighted by atomic mass is 10.1. The van der Waals surface area contributed by atoms with Gasteiger partial charge in [-0.2, -0.15) is 0 Å². The van der Waals surface area contributed by atoms with Crippen molar-refractivity contribution in [2.45, 2.75) is 26.4 Å². The Hall–Kier alpha value is -3.67. The minimum Gasteiger partial charge on any atom is -0.484 e. The molecule has 0 fully saturated rings. The maximum atomic E-state index is 12.0. The zero-order valence-corrected chi connectivity index (χ0v) is 16.8. The molecule has 0 aliphatic carbocycles. The van der Waals surface area contributed by atoms with E-state index in [0.29, 0.717) is 30.8 Å². The Morgan fingerprint density at radius 1 is 0.933 bits per heavy atom. The zero-order chi connectivity index (χ0) is 21.3. The van der Waals surface area contributed by atoms with Crippen LogP contribution in [-0.4, -0.2) is 22.9 Å². The Labute approximate surface area is 175 Å². The Balaban J connectivity index is 1.45. The largest absolute Gasteiger partial charge is 0.484 e. The van der Waals surface area contributed by atoms with E-state index in [9.17, 15) is 14.4 Å². The Bertz CT molecular complexity index is 1050. The highest BCUT2D eigenvalue weighted by atomic mass is 16.5. The lowest BCUT2D eigenvalue weighted by molar-refractivity contribution is -0.123. The molecule has 0 radical (unpaired) electrons. The van der Waals surface area contributed by atoms with E-state index in [0.717, 1.165) is 11.1 Å². The van der Waals surface area contributed by atoms with Crippen molar-refractivity contribution >= 4 is 11.7 Å². The molecule has 154 valence electrons. The van der Waals surface area contributed by atoms with Gasteiger partial charge in [-0.25, -0.2) is 0 Å². The van der Waals surface area contributed by atoms with Gasteiger partial charge in [-0.15, -0.1) is 0 Å². The van der Waals surface area contributed by atoms with Gasteiger partial charge in [0.15, 0.2) is 12.4 Å². The molecule has 30 heavy (non-hydrogen) atoms. The molecule has 1 amide bonds. The summed E-state index contributed by atoms with van der Waals surface area (Å²) in [5.41, 5.74) is 2.55. The maximum absolute atomic E-state index is 12.0. The molecule has 3 aromatic rings. The van der Waals surface area contributed by atoms with Crippen molar-refractivity contribution in [2.75, 3.05) is 6.61 Å². The first-order valence-corrected chi connectivity index (χ1v) is 9.81. The number of Topliss-reactive ketones (excluding diaryl/α,β-unsaturated/α-hetero) is 1. The van der Waals surface area contributed by atoms with Crippen molar-refractivity contribution in [3.05, 3.63) is 100.0 Å². The van der Waals surface area contributed by atoms with Crippen molar-refractivity contribution in [2.24, 2.45) is 0 Å². The molecule has 3 rings (SSSR count). The predicted molar refractivity (Wildman–Crippen MR) is 115 cm³/mol. The van der Waals surface area contributed by atoms with Crippen LogP contribution in [0.5, 0.6) is 5.75 Å². The van der Waals surface area contributed by atoms with E-state index >= 15 is 0 Å². The van der Waals surface area contributed by atoms with Crippen molar-refractivity contribution in [1.29, 1.82) is 0 Å². The summed E-state index contributed by atoms with van der Waals surface area (Å²) in [5, 5.41) is 2.81. The predicted octanol–water partition coefficient (Wildman–Crippen LogP) is 3.18. The summed E-state index contributed by atoms with van der Waals surface area (Å²) in [5.74, 6) is 0.378. The maximum Gasteiger partial charge on any atom is 0.258 e. The number of nitrogens with one attached hydrogen (secondary N) is 1. The van der Waals surface area contributed by atoms with Crippen molar-refractivity contribution in [3.63, 3.8) is 0 Å². The Morgan fingerprint density at radius 3 is 2.30 bits per heavy atom. The number of nitrogens with zero attached hydrogens (tertiary/aromatic N) is 1. The van der Waals surface area contributed by atoms with Crippen LogP contribution >= 0.6 is 0 Å². The number of carbonyl (C=O) groups excluding carboxylic acids is 2. The fourth-order valence-electron chi connectivity index (χ4n) is 2.89. The summed E-state index contributed by atoms with van der Waals surface area (Å²) in [6.45, 7) is 2.60. The van der Waals surface area contributed by atoms with Gasteiger partial charge >= 0.3 is 0 Å². The van der Waals surface area contributed by atoms with E-state index < -0.39 is 0 Å². The van der Waals surface area contributed by atoms with Crippen molar-refractivity contribution in [1.82, 2.24) is 9.88 Å². The van der Waals surface area contributed by atoms with Crippen LogP contribution < -0.4 is 15.6 Å². The second-order valence-corrected chi connectivity index (χ2v) is 6.85. The second kappa shape index (κ2) is 10.2. The molecule has 1 aromatic heterocycles. The molecule has 0 atom stereocenters. The van der Waals surface area contributed by atoms with E-state index in [2.05, 4.69) is 5.32 Å². The molecule has 0 aliphatic rings. The van der Waals surface area contributed by atoms with Gasteiger partial charge in [-0.3, -0.25) is 14.4 Å². The molecule has 0 aliphatic heterocycles. The normalized spacial score (nSPS) is 10.4. The van der Waals surface area contributed by atoms with E-state index in [1.807, 2.05) is 37.3 Å². The zero-order valence-electron chi connectivity index (χ0n) is 16.8. The van der Waals surface area contributed by atoms with Gasteiger partial charge < -0.3 is 14.6 Å². The summed E-state index contributed by atoms with van der Waals surface area (Å²) < 4.78 is 7.10. The smallest absolute Gasteiger partial charge is 0.258 e. The molecule has 6 heteroatoms. The summed E-state index contributed by atoms with van der Waals surface area (Å²) in [6.07, 6.45) is 2.21. The van der Waals surface area contributed by atoms with Crippen LogP contribution in [0.3, 0.4) is 0 Å². The minimum absolute atomic E-state index is 0.0413. The van der Waals surface area contributed by atoms with Crippen LogP contribution in [0.15, 0.2) is 77.7 Å². The number of pyridine rings is 1. The number of carbonyl (C=O) groups is 2. The number of hydrogen-bond donors (Lipinski definition) is 1. The van der Waals surface area contributed by atoms with Gasteiger partial charge in [-0.1, -0.05) is 37.3 Å². The molecule has 0 bridgehead atoms. The SMILES string of the molecule is CCC(=O)c1ccc(OCC(=O)NCc2ccc(Cn3ccccc3=O)cc2)cc1. The van der Waals surface area contributed by atoms with Crippen LogP contribution in [0.2, 0.25) is 0 Å². The quantitative estimate of drug-likeness (QED) is 0.556. The summed E-state index contributed by atoms with van der Waals surface area (Å²) >= 11 is 0. The molecular formula is C24H24N2O4. The molecule has 6 nitrogen and oxygen atoms in total. The highest BCUT2D eigenvalue weighted by Gasteiger charge is 2.06. The van der Waals surface area contributed by atoms with Gasteiger partial charge in [0, 0.05) is 30.8 Å². The van der Waals surface area contributed by atoms with E-state index in [-0.39, 0.29) is 23.9 Å². The molecule has 2 aromatic carbocycles. The number of ketones is 1. The molecule has 0 spiro atoms. The van der Waals surface area contributed by atoms with Crippen LogP contribution in [0.25, 0.3) is 0 Å². The molecule has 0 unspecified atom stereocenters. The fourth-order valence-corrected chi connectivity index (χ4v) is 2.89. The molecule has 0 saturated heterocycles. The van der Waals surface area contributed by atoms with Gasteiger partial charge in [0.2, 0.25) is 0 Å². The lowest BCUT2D eigenvalue weighted by Gasteiger charge is -2.09. The third-order valence-electron chi connectivity index (χ3n) is 4.63. The van der Waals surface area contributed by atoms with Crippen molar-refractivity contribution in [3.8, 4) is 5.75 Å². The molecule has 0 saturated carbocycles. The van der Waals surface area contributed by atoms with Gasteiger partial charge in [-0.05, 0) is 41.5 Å². The number of amides is 1. The minimum atomic E-state index is -0.233. The average Bonchev–Trinajstić information content (AvgIpc) is 2.78. The van der Waals surface area contributed by atoms with Crippen LogP contribution in [-0.2, 0) is 17.9 Å². The monoisotopic (exact) mass is 404 g/mol. The second-order valence-electron chi connectivity index (χ2n) is 6.85. The summed E-state index contributed by atoms with van der Waals surface area (Å²) in [4.78, 5) is 35.4. The van der Waals surface area contributed by atoms with Crippen LogP contribution in [0.4, 0.5) is 0 Å². The standard InChI is InChI=1S/C24H24N2O4/c1-2-22(27)20-10-12-21(13-11-20)30-17-23(28)25-15-18-6-8-19(9-7-18)16-26-14-4-3-5-24(26)29/h3-14H,2,15-17H2,1H3,(H,25,28). The number of hydrogen-bond acceptors (Lipinski definition) is 4. The number of aromatic nitrogens is 1. The van der Waals surface area contributed by atoms with E-state index in [4.69, 9.17) is 4.74 Å². The number of rotatable bonds is 9. The van der Waals surface area contributed by atoms with Crippen LogP contribution in [0, 0.1) is 0 Å². The first-order valence-electron chi connectivity index (χ1n) is 9.81. The summed E-state index contributed by atoms with van der Waals surface area (Å²) in [7, 11) is 0. The van der Waals surface area contributed by atoms with E-state index in [1.165, 1.54) is 6.07 Å². The molecule has 1 N–H and O–H groups in total. The molecule has 1 heterocycles. The highest BCUT2D eigenvalue weighted by Crippen LogP contribution is 2.13. The third-order valence-corrected chi connectivity index (χ3v) is 4.63. The van der Waals surface area contributed by atoms with Crippen molar-refractivity contribution < 1.29 is 14.3 Å². The first-order chi connectivity index (χ1) is 14.5. The first kappa shape index (κ1) is 21.0. The topological polar surface area (TPSA) is 77.4 Å². The van der Waals surface area contributed by atoms with Crippen LogP contribution in [0.1, 0.15) is 34.8 Å². The average molecular weight is 404 g/mol. The van der Waals surface area contributed by atoms with E-state index in [1.54, 1.807) is 41.1 Å². The molecular weight excluding hydrogens is 380 g/mol. The lowest BCUT2D eigenvalue weighted by Crippen LogP contribution is -2.28. The Kier molecular flexibility index (Phi) is 7.16. The van der Waals surface area contributed by atoms with Gasteiger partial charge in [0.05, 0.1) is 6.54 Å². The third kappa shape index (κ3) is 5.91. The highest BCUT2D eigenvalue weighted by molar-refractivity contribution is 5.95. The van der Waals surface area contributed by atoms with Gasteiger partial charge in [0.25, 0.3) is 11.5 Å². The summed E-state index contributed by atoms with van der Waals surface area (Å²) in [6, 6.07) is 19.6. The van der Waals surface area contributed by atoms with Gasteiger partial charge in [0.1, 0.15) is 5.75 Å². The Morgan fingerprint density at radius 2 is 1.63 bits per heavy atom. The number of ether oxygens (including phenoxy) is 1. The number of benzene rings is 2. The fraction of sp³-hybridized carbons (Fsp3) is 0.208.